The van der Waals surface area contributed by atoms with Crippen molar-refractivity contribution in [1.29, 1.82) is 0 Å². The van der Waals surface area contributed by atoms with Crippen molar-refractivity contribution < 1.29 is 19.1 Å². The number of nitrogens with one attached hydrogen (secondary N) is 1. The van der Waals surface area contributed by atoms with E-state index in [9.17, 15) is 9.59 Å². The number of hydrogen-bond acceptors (Lipinski definition) is 5. The summed E-state index contributed by atoms with van der Waals surface area (Å²) in [5.41, 5.74) is 0.632. The van der Waals surface area contributed by atoms with Gasteiger partial charge in [-0.2, -0.15) is 0 Å². The van der Waals surface area contributed by atoms with Gasteiger partial charge >= 0.3 is 5.97 Å². The molecule has 0 aromatic heterocycles. The highest BCUT2D eigenvalue weighted by Crippen LogP contribution is 2.57. The van der Waals surface area contributed by atoms with E-state index in [1.165, 1.54) is 0 Å². The van der Waals surface area contributed by atoms with E-state index in [2.05, 4.69) is 35.6 Å². The van der Waals surface area contributed by atoms with Crippen molar-refractivity contribution in [3.05, 3.63) is 114 Å². The Morgan fingerprint density at radius 1 is 0.868 bits per heavy atom. The van der Waals surface area contributed by atoms with Crippen LogP contribution in [0.4, 0.5) is 0 Å². The van der Waals surface area contributed by atoms with Crippen molar-refractivity contribution >= 4 is 22.5 Å². The zero-order valence-corrected chi connectivity index (χ0v) is 21.8. The molecule has 2 heterocycles. The Morgan fingerprint density at radius 3 is 2.32 bits per heavy atom. The van der Waals surface area contributed by atoms with Gasteiger partial charge in [0.05, 0.1) is 11.0 Å². The second kappa shape index (κ2) is 9.10. The van der Waals surface area contributed by atoms with Crippen LogP contribution in [0.25, 0.3) is 10.8 Å². The largest absolute Gasteiger partial charge is 0.492 e. The molecule has 4 atom stereocenters. The van der Waals surface area contributed by atoms with E-state index in [0.29, 0.717) is 11.3 Å². The van der Waals surface area contributed by atoms with Crippen molar-refractivity contribution in [2.45, 2.75) is 44.4 Å². The molecule has 1 N–H and O–H groups in total. The van der Waals surface area contributed by atoms with Crippen molar-refractivity contribution in [1.82, 2.24) is 5.32 Å². The van der Waals surface area contributed by atoms with Crippen molar-refractivity contribution in [3.8, 4) is 5.75 Å². The van der Waals surface area contributed by atoms with E-state index in [0.717, 1.165) is 21.9 Å². The van der Waals surface area contributed by atoms with E-state index >= 15 is 0 Å². The smallest absolute Gasteiger partial charge is 0.324 e. The molecule has 6 rings (SSSR count). The first-order valence-corrected chi connectivity index (χ1v) is 13.1. The Balaban J connectivity index is 1.58. The maximum Gasteiger partial charge on any atom is 0.324 e. The van der Waals surface area contributed by atoms with Crippen LogP contribution in [0, 0.1) is 5.41 Å². The number of rotatable bonds is 3. The number of esters is 1. The molecule has 38 heavy (non-hydrogen) atoms. The highest BCUT2D eigenvalue weighted by atomic mass is 16.6. The van der Waals surface area contributed by atoms with E-state index < -0.39 is 29.0 Å². The maximum atomic E-state index is 14.7. The van der Waals surface area contributed by atoms with Crippen molar-refractivity contribution in [3.63, 3.8) is 0 Å². The quantitative estimate of drug-likeness (QED) is 0.334. The SMILES string of the molecule is CC(C)(C)OC(=O)[C@H]1N[C@@H](c2ccc3ccccc3c2)[C@]2(COc3ccccc3C2=O)[C@@H]1c1ccccc1. The third-order valence-electron chi connectivity index (χ3n) is 7.70. The minimum absolute atomic E-state index is 0.0232. The molecule has 0 amide bonds. The number of ketones is 1. The van der Waals surface area contributed by atoms with E-state index in [4.69, 9.17) is 9.47 Å². The van der Waals surface area contributed by atoms with Crippen molar-refractivity contribution in [2.24, 2.45) is 5.41 Å². The molecule has 1 saturated heterocycles. The number of benzene rings is 4. The molecule has 0 saturated carbocycles. The molecule has 0 unspecified atom stereocenters. The van der Waals surface area contributed by atoms with Crippen LogP contribution in [0.2, 0.25) is 0 Å². The van der Waals surface area contributed by atoms with Gasteiger partial charge in [-0.3, -0.25) is 14.9 Å². The van der Waals surface area contributed by atoms with Gasteiger partial charge in [0.15, 0.2) is 5.78 Å². The molecule has 0 radical (unpaired) electrons. The Labute approximate surface area is 222 Å². The molecular formula is C33H31NO4. The summed E-state index contributed by atoms with van der Waals surface area (Å²) < 4.78 is 12.3. The van der Waals surface area contributed by atoms with Gasteiger partial charge in [-0.1, -0.05) is 78.9 Å². The van der Waals surface area contributed by atoms with Crippen LogP contribution in [0.5, 0.6) is 5.75 Å². The van der Waals surface area contributed by atoms with Crippen LogP contribution in [-0.4, -0.2) is 30.0 Å². The molecule has 2 aliphatic heterocycles. The number of hydrogen-bond donors (Lipinski definition) is 1. The zero-order chi connectivity index (χ0) is 26.5. The van der Waals surface area contributed by atoms with Crippen LogP contribution in [-0.2, 0) is 9.53 Å². The molecule has 4 aromatic carbocycles. The highest BCUT2D eigenvalue weighted by Gasteiger charge is 2.64. The summed E-state index contributed by atoms with van der Waals surface area (Å²) in [5.74, 6) is -0.325. The van der Waals surface area contributed by atoms with Crippen LogP contribution in [0.1, 0.15) is 54.2 Å². The molecule has 0 aliphatic carbocycles. The lowest BCUT2D eigenvalue weighted by Gasteiger charge is -2.42. The monoisotopic (exact) mass is 505 g/mol. The van der Waals surface area contributed by atoms with Crippen LogP contribution >= 0.6 is 0 Å². The summed E-state index contributed by atoms with van der Waals surface area (Å²) in [6, 6.07) is 30.3. The fourth-order valence-corrected chi connectivity index (χ4v) is 6.14. The van der Waals surface area contributed by atoms with E-state index in [1.54, 1.807) is 0 Å². The van der Waals surface area contributed by atoms with Gasteiger partial charge in [0, 0.05) is 12.0 Å². The lowest BCUT2D eigenvalue weighted by molar-refractivity contribution is -0.157. The summed E-state index contributed by atoms with van der Waals surface area (Å²) in [4.78, 5) is 28.4. The number of fused-ring (bicyclic) bond motifs is 2. The number of ether oxygens (including phenoxy) is 2. The summed E-state index contributed by atoms with van der Waals surface area (Å²) in [5, 5.41) is 5.78. The lowest BCUT2D eigenvalue weighted by Crippen LogP contribution is -2.48. The summed E-state index contributed by atoms with van der Waals surface area (Å²) >= 11 is 0. The first kappa shape index (κ1) is 24.4. The molecule has 192 valence electrons. The predicted molar refractivity (Wildman–Crippen MR) is 147 cm³/mol. The molecule has 0 bridgehead atoms. The summed E-state index contributed by atoms with van der Waals surface area (Å²) in [6.45, 7) is 5.73. The van der Waals surface area contributed by atoms with Gasteiger partial charge in [0.1, 0.15) is 24.0 Å². The summed E-state index contributed by atoms with van der Waals surface area (Å²) in [7, 11) is 0. The van der Waals surface area contributed by atoms with Crippen LogP contribution in [0.15, 0.2) is 97.1 Å². The number of Topliss-reactive ketones (excluding diaryl/α,β-unsaturated/α-hetero) is 1. The molecular weight excluding hydrogens is 474 g/mol. The lowest BCUT2D eigenvalue weighted by atomic mass is 9.62. The molecule has 2 aliphatic rings. The number of carbonyl (C=O) groups excluding carboxylic acids is 2. The van der Waals surface area contributed by atoms with Gasteiger partial charge in [-0.05, 0) is 60.9 Å². The van der Waals surface area contributed by atoms with Gasteiger partial charge in [0.25, 0.3) is 0 Å². The van der Waals surface area contributed by atoms with Gasteiger partial charge in [-0.25, -0.2) is 0 Å². The Hall–Kier alpha value is -3.96. The van der Waals surface area contributed by atoms with Crippen molar-refractivity contribution in [2.75, 3.05) is 6.61 Å². The average molecular weight is 506 g/mol. The van der Waals surface area contributed by atoms with E-state index in [1.807, 2.05) is 87.5 Å². The summed E-state index contributed by atoms with van der Waals surface area (Å²) in [6.07, 6.45) is 0. The second-order valence-corrected chi connectivity index (χ2v) is 11.3. The minimum Gasteiger partial charge on any atom is -0.492 e. The maximum absolute atomic E-state index is 14.7. The fraction of sp³-hybridized carbons (Fsp3) is 0.273. The second-order valence-electron chi connectivity index (χ2n) is 11.3. The zero-order valence-electron chi connectivity index (χ0n) is 21.8. The predicted octanol–water partition coefficient (Wildman–Crippen LogP) is 6.24. The minimum atomic E-state index is -1.07. The average Bonchev–Trinajstić information content (AvgIpc) is 3.26. The number of para-hydroxylation sites is 1. The first-order chi connectivity index (χ1) is 18.3. The number of carbonyl (C=O) groups is 2. The first-order valence-electron chi connectivity index (χ1n) is 13.1. The Bertz CT molecular complexity index is 1520. The molecule has 5 nitrogen and oxygen atoms in total. The molecule has 1 fully saturated rings. The van der Waals surface area contributed by atoms with Gasteiger partial charge in [0.2, 0.25) is 0 Å². The highest BCUT2D eigenvalue weighted by molar-refractivity contribution is 6.06. The standard InChI is InChI=1S/C33H31NO4/c1-32(2,3)38-31(36)28-27(22-12-5-4-6-13-22)33(20-37-26-16-10-9-15-25(26)30(33)35)29(34-28)24-18-17-21-11-7-8-14-23(21)19-24/h4-19,27-29,34H,20H2,1-3H3/t27-,28+,29+,33+/m1/s1. The third-order valence-corrected chi connectivity index (χ3v) is 7.70. The molecule has 5 heteroatoms. The fourth-order valence-electron chi connectivity index (χ4n) is 6.14. The van der Waals surface area contributed by atoms with Gasteiger partial charge in [-0.15, -0.1) is 0 Å². The van der Waals surface area contributed by atoms with E-state index in [-0.39, 0.29) is 18.4 Å². The topological polar surface area (TPSA) is 64.6 Å². The molecule has 1 spiro atoms. The Morgan fingerprint density at radius 2 is 1.55 bits per heavy atom. The third kappa shape index (κ3) is 3.98. The normalized spacial score (nSPS) is 24.7. The van der Waals surface area contributed by atoms with Crippen LogP contribution in [0.3, 0.4) is 0 Å². The van der Waals surface area contributed by atoms with Gasteiger partial charge < -0.3 is 9.47 Å². The van der Waals surface area contributed by atoms with Crippen LogP contribution < -0.4 is 10.1 Å². The molecule has 4 aromatic rings. The Kier molecular flexibility index (Phi) is 5.84.